The highest BCUT2D eigenvalue weighted by atomic mass is 32.1. The lowest BCUT2D eigenvalue weighted by atomic mass is 10.2. The zero-order valence-electron chi connectivity index (χ0n) is 8.91. The fraction of sp³-hybridized carbons (Fsp3) is 0.778. The van der Waals surface area contributed by atoms with E-state index in [1.54, 1.807) is 0 Å². The Kier molecular flexibility index (Phi) is 4.82. The van der Waals surface area contributed by atoms with E-state index in [0.717, 1.165) is 23.8 Å². The fourth-order valence-electron chi connectivity index (χ4n) is 1.22. The first-order valence-electron chi connectivity index (χ1n) is 4.94. The lowest BCUT2D eigenvalue weighted by molar-refractivity contribution is 0.0503. The predicted molar refractivity (Wildman–Crippen MR) is 58.7 cm³/mol. The Hall–Kier alpha value is -0.680. The van der Waals surface area contributed by atoms with Gasteiger partial charge in [-0.05, 0) is 13.3 Å². The van der Waals surface area contributed by atoms with Crippen molar-refractivity contribution >= 4 is 16.7 Å². The summed E-state index contributed by atoms with van der Waals surface area (Å²) in [7, 11) is 1.85. The van der Waals surface area contributed by atoms with Crippen LogP contribution in [-0.4, -0.2) is 23.0 Å². The molecule has 5 heteroatoms. The lowest BCUT2D eigenvalue weighted by Gasteiger charge is -2.11. The molecule has 1 unspecified atom stereocenters. The van der Waals surface area contributed by atoms with Gasteiger partial charge in [0.2, 0.25) is 5.13 Å². The third-order valence-corrected chi connectivity index (χ3v) is 2.61. The largest absolute Gasteiger partial charge is 0.370 e. The van der Waals surface area contributed by atoms with Gasteiger partial charge in [-0.25, -0.2) is 4.98 Å². The van der Waals surface area contributed by atoms with Gasteiger partial charge in [0, 0.05) is 25.2 Å². The van der Waals surface area contributed by atoms with Crippen LogP contribution in [0.5, 0.6) is 0 Å². The molecule has 4 nitrogen and oxygen atoms in total. The molecular weight excluding hydrogens is 198 g/mol. The molecule has 1 rings (SSSR count). The molecule has 0 saturated heterocycles. The SMILES string of the molecule is CCCC(OCC)c1nsc(NC)n1. The van der Waals surface area contributed by atoms with Gasteiger partial charge in [-0.1, -0.05) is 13.3 Å². The van der Waals surface area contributed by atoms with E-state index in [1.807, 2.05) is 14.0 Å². The number of anilines is 1. The predicted octanol–water partition coefficient (Wildman–Crippen LogP) is 2.46. The highest BCUT2D eigenvalue weighted by Crippen LogP contribution is 2.23. The van der Waals surface area contributed by atoms with Crippen LogP contribution in [0.1, 0.15) is 38.6 Å². The van der Waals surface area contributed by atoms with Crippen molar-refractivity contribution in [2.75, 3.05) is 19.0 Å². The maximum absolute atomic E-state index is 5.58. The van der Waals surface area contributed by atoms with Crippen LogP contribution >= 0.6 is 11.5 Å². The maximum Gasteiger partial charge on any atom is 0.202 e. The van der Waals surface area contributed by atoms with Crippen molar-refractivity contribution in [3.05, 3.63) is 5.82 Å². The number of nitrogens with zero attached hydrogens (tertiary/aromatic N) is 2. The van der Waals surface area contributed by atoms with Crippen molar-refractivity contribution in [1.82, 2.24) is 9.36 Å². The van der Waals surface area contributed by atoms with Crippen molar-refractivity contribution in [2.45, 2.75) is 32.8 Å². The van der Waals surface area contributed by atoms with E-state index in [2.05, 4.69) is 21.6 Å². The summed E-state index contributed by atoms with van der Waals surface area (Å²) in [6, 6.07) is 0. The topological polar surface area (TPSA) is 47.0 Å². The molecule has 80 valence electrons. The smallest absolute Gasteiger partial charge is 0.202 e. The third kappa shape index (κ3) is 2.92. The van der Waals surface area contributed by atoms with Crippen molar-refractivity contribution in [1.29, 1.82) is 0 Å². The Labute approximate surface area is 88.9 Å². The molecule has 14 heavy (non-hydrogen) atoms. The van der Waals surface area contributed by atoms with Crippen LogP contribution in [0.3, 0.4) is 0 Å². The number of nitrogens with one attached hydrogen (secondary N) is 1. The summed E-state index contributed by atoms with van der Waals surface area (Å²) in [5.41, 5.74) is 0. The molecule has 0 aliphatic heterocycles. The van der Waals surface area contributed by atoms with Gasteiger partial charge in [0.05, 0.1) is 0 Å². The number of ether oxygens (including phenoxy) is 1. The molecular formula is C9H17N3OS. The van der Waals surface area contributed by atoms with Crippen LogP contribution in [0.2, 0.25) is 0 Å². The van der Waals surface area contributed by atoms with E-state index in [0.29, 0.717) is 6.61 Å². The second kappa shape index (κ2) is 5.93. The van der Waals surface area contributed by atoms with Gasteiger partial charge in [-0.2, -0.15) is 4.37 Å². The molecule has 0 aliphatic rings. The molecule has 0 amide bonds. The zero-order chi connectivity index (χ0) is 10.4. The first kappa shape index (κ1) is 11.4. The van der Waals surface area contributed by atoms with Gasteiger partial charge in [-0.15, -0.1) is 0 Å². The molecule has 0 saturated carbocycles. The molecule has 1 atom stereocenters. The lowest BCUT2D eigenvalue weighted by Crippen LogP contribution is -2.06. The molecule has 0 spiro atoms. The van der Waals surface area contributed by atoms with Gasteiger partial charge < -0.3 is 10.1 Å². The fourth-order valence-corrected chi connectivity index (χ4v) is 1.78. The molecule has 1 aromatic rings. The summed E-state index contributed by atoms with van der Waals surface area (Å²) >= 11 is 1.38. The van der Waals surface area contributed by atoms with E-state index in [1.165, 1.54) is 11.5 Å². The highest BCUT2D eigenvalue weighted by molar-refractivity contribution is 7.09. The quantitative estimate of drug-likeness (QED) is 0.792. The van der Waals surface area contributed by atoms with Crippen molar-refractivity contribution in [2.24, 2.45) is 0 Å². The van der Waals surface area contributed by atoms with Crippen LogP contribution in [0, 0.1) is 0 Å². The van der Waals surface area contributed by atoms with Gasteiger partial charge in [-0.3, -0.25) is 0 Å². The van der Waals surface area contributed by atoms with Crippen molar-refractivity contribution < 1.29 is 4.74 Å². The van der Waals surface area contributed by atoms with Gasteiger partial charge >= 0.3 is 0 Å². The Morgan fingerprint density at radius 2 is 2.29 bits per heavy atom. The average molecular weight is 215 g/mol. The molecule has 1 N–H and O–H groups in total. The first-order chi connectivity index (χ1) is 6.81. The summed E-state index contributed by atoms with van der Waals surface area (Å²) in [5, 5.41) is 3.82. The molecule has 0 radical (unpaired) electrons. The summed E-state index contributed by atoms with van der Waals surface area (Å²) in [5.74, 6) is 0.808. The number of aromatic nitrogens is 2. The zero-order valence-corrected chi connectivity index (χ0v) is 9.73. The van der Waals surface area contributed by atoms with Crippen LogP contribution in [0.25, 0.3) is 0 Å². The second-order valence-electron chi connectivity index (χ2n) is 2.94. The number of rotatable bonds is 6. The summed E-state index contributed by atoms with van der Waals surface area (Å²) in [6.45, 7) is 4.84. The van der Waals surface area contributed by atoms with Crippen LogP contribution in [0.4, 0.5) is 5.13 Å². The van der Waals surface area contributed by atoms with Crippen LogP contribution in [-0.2, 0) is 4.74 Å². The summed E-state index contributed by atoms with van der Waals surface area (Å²) < 4.78 is 9.85. The minimum Gasteiger partial charge on any atom is -0.370 e. The monoisotopic (exact) mass is 215 g/mol. The van der Waals surface area contributed by atoms with E-state index < -0.39 is 0 Å². The van der Waals surface area contributed by atoms with Gasteiger partial charge in [0.15, 0.2) is 5.82 Å². The minimum absolute atomic E-state index is 0.0587. The number of hydrogen-bond acceptors (Lipinski definition) is 5. The van der Waals surface area contributed by atoms with Crippen LogP contribution < -0.4 is 5.32 Å². The van der Waals surface area contributed by atoms with E-state index in [-0.39, 0.29) is 6.10 Å². The van der Waals surface area contributed by atoms with Gasteiger partial charge in [0.25, 0.3) is 0 Å². The van der Waals surface area contributed by atoms with E-state index in [9.17, 15) is 0 Å². The van der Waals surface area contributed by atoms with E-state index in [4.69, 9.17) is 4.74 Å². The summed E-state index contributed by atoms with van der Waals surface area (Å²) in [6.07, 6.45) is 2.12. The minimum atomic E-state index is 0.0587. The van der Waals surface area contributed by atoms with Crippen LogP contribution in [0.15, 0.2) is 0 Å². The highest BCUT2D eigenvalue weighted by Gasteiger charge is 2.15. The maximum atomic E-state index is 5.58. The molecule has 0 bridgehead atoms. The first-order valence-corrected chi connectivity index (χ1v) is 5.72. The van der Waals surface area contributed by atoms with E-state index >= 15 is 0 Å². The molecule has 0 fully saturated rings. The normalized spacial score (nSPS) is 12.8. The Morgan fingerprint density at radius 1 is 1.50 bits per heavy atom. The number of hydrogen-bond donors (Lipinski definition) is 1. The molecule has 1 aromatic heterocycles. The second-order valence-corrected chi connectivity index (χ2v) is 3.69. The Bertz CT molecular complexity index is 258. The molecule has 0 aromatic carbocycles. The van der Waals surface area contributed by atoms with Crippen molar-refractivity contribution in [3.63, 3.8) is 0 Å². The van der Waals surface area contributed by atoms with Gasteiger partial charge in [0.1, 0.15) is 6.10 Å². The Balaban J connectivity index is 2.65. The standard InChI is InChI=1S/C9H17N3OS/c1-4-6-7(13-5-2)8-11-9(10-3)14-12-8/h7H,4-6H2,1-3H3,(H,10,11,12). The van der Waals surface area contributed by atoms with Crippen molar-refractivity contribution in [3.8, 4) is 0 Å². The molecule has 0 aliphatic carbocycles. The average Bonchev–Trinajstić information content (AvgIpc) is 2.65. The Morgan fingerprint density at radius 3 is 2.79 bits per heavy atom. The molecule has 1 heterocycles. The summed E-state index contributed by atoms with van der Waals surface area (Å²) in [4.78, 5) is 4.34. The third-order valence-electron chi connectivity index (χ3n) is 1.86.